The van der Waals surface area contributed by atoms with Gasteiger partial charge >= 0.3 is 12.1 Å². The molecular weight excluding hydrogens is 346 g/mol. The fourth-order valence-electron chi connectivity index (χ4n) is 3.53. The summed E-state index contributed by atoms with van der Waals surface area (Å²) in [5.74, 6) is -0.760. The lowest BCUT2D eigenvalue weighted by Gasteiger charge is -2.35. The Labute approximate surface area is 161 Å². The van der Waals surface area contributed by atoms with Crippen LogP contribution in [0.3, 0.4) is 0 Å². The van der Waals surface area contributed by atoms with Gasteiger partial charge in [0.05, 0.1) is 12.7 Å². The molecule has 0 radical (unpaired) electrons. The van der Waals surface area contributed by atoms with Gasteiger partial charge in [0, 0.05) is 25.4 Å². The van der Waals surface area contributed by atoms with E-state index in [2.05, 4.69) is 0 Å². The fourth-order valence-corrected chi connectivity index (χ4v) is 3.53. The molecule has 1 saturated heterocycles. The lowest BCUT2D eigenvalue weighted by Crippen LogP contribution is -2.46. The van der Waals surface area contributed by atoms with Crippen molar-refractivity contribution in [2.75, 3.05) is 13.2 Å². The average molecular weight is 377 g/mol. The van der Waals surface area contributed by atoms with Crippen LogP contribution in [-0.2, 0) is 16.0 Å². The molecule has 1 aromatic rings. The number of amides is 1. The van der Waals surface area contributed by atoms with Crippen molar-refractivity contribution in [2.45, 2.75) is 69.9 Å². The first kappa shape index (κ1) is 21.2. The van der Waals surface area contributed by atoms with Gasteiger partial charge in [0.15, 0.2) is 0 Å². The van der Waals surface area contributed by atoms with Gasteiger partial charge in [0.2, 0.25) is 0 Å². The number of carboxylic acids is 1. The Balaban J connectivity index is 1.72. The molecule has 1 aliphatic rings. The highest BCUT2D eigenvalue weighted by atomic mass is 16.6. The molecule has 150 valence electrons. The maximum absolute atomic E-state index is 12.1. The molecule has 0 aliphatic carbocycles. The van der Waals surface area contributed by atoms with Gasteiger partial charge < -0.3 is 19.8 Å². The Bertz CT molecular complexity index is 577. The van der Waals surface area contributed by atoms with E-state index in [1.807, 2.05) is 30.3 Å². The van der Waals surface area contributed by atoms with Gasteiger partial charge in [-0.2, -0.15) is 0 Å². The minimum absolute atomic E-state index is 0.107. The van der Waals surface area contributed by atoms with Crippen LogP contribution in [0.25, 0.3) is 0 Å². The molecule has 2 atom stereocenters. The number of hydrogen-bond acceptors (Lipinski definition) is 4. The summed E-state index contributed by atoms with van der Waals surface area (Å²) in [5.41, 5.74) is 1.12. The second-order valence-corrected chi connectivity index (χ2v) is 7.23. The molecular formula is C21H31NO5. The van der Waals surface area contributed by atoms with Crippen molar-refractivity contribution in [1.82, 2.24) is 4.90 Å². The number of aliphatic hydroxyl groups is 1. The Kier molecular flexibility index (Phi) is 9.11. The Morgan fingerprint density at radius 1 is 1.19 bits per heavy atom. The van der Waals surface area contributed by atoms with E-state index in [0.717, 1.165) is 37.7 Å². The standard InChI is InChI=1S/C21H31NO5/c23-19(16-17-8-4-3-5-9-17)12-11-18-13-15-27-21(26)22(18)14-7-2-1-6-10-20(24)25/h3-5,8-9,18-19,23H,1-2,6-7,10-16H2,(H,24,25)/t18-,19?/m0/s1. The van der Waals surface area contributed by atoms with Gasteiger partial charge in [-0.3, -0.25) is 4.79 Å². The number of ether oxygens (including phenoxy) is 1. The van der Waals surface area contributed by atoms with Crippen LogP contribution in [0, 0.1) is 0 Å². The molecule has 0 aromatic heterocycles. The first-order valence-electron chi connectivity index (χ1n) is 9.93. The number of cyclic esters (lactones) is 1. The van der Waals surface area contributed by atoms with E-state index >= 15 is 0 Å². The normalized spacial score (nSPS) is 18.2. The quantitative estimate of drug-likeness (QED) is 0.543. The van der Waals surface area contributed by atoms with E-state index in [4.69, 9.17) is 9.84 Å². The van der Waals surface area contributed by atoms with Gasteiger partial charge in [-0.05, 0) is 37.7 Å². The number of aliphatic carboxylic acids is 1. The summed E-state index contributed by atoms with van der Waals surface area (Å²) in [6.45, 7) is 1.07. The zero-order valence-electron chi connectivity index (χ0n) is 15.9. The summed E-state index contributed by atoms with van der Waals surface area (Å²) in [7, 11) is 0. The minimum atomic E-state index is -0.760. The number of unbranched alkanes of at least 4 members (excludes halogenated alkanes) is 3. The second-order valence-electron chi connectivity index (χ2n) is 7.23. The van der Waals surface area contributed by atoms with E-state index in [1.165, 1.54) is 0 Å². The summed E-state index contributed by atoms with van der Waals surface area (Å²) in [5, 5.41) is 19.0. The van der Waals surface area contributed by atoms with Gasteiger partial charge in [-0.15, -0.1) is 0 Å². The van der Waals surface area contributed by atoms with Crippen molar-refractivity contribution in [2.24, 2.45) is 0 Å². The van der Waals surface area contributed by atoms with E-state index in [1.54, 1.807) is 4.90 Å². The minimum Gasteiger partial charge on any atom is -0.481 e. The molecule has 1 aromatic carbocycles. The van der Waals surface area contributed by atoms with Crippen LogP contribution in [0.2, 0.25) is 0 Å². The fraction of sp³-hybridized carbons (Fsp3) is 0.619. The van der Waals surface area contributed by atoms with Crippen LogP contribution in [0.5, 0.6) is 0 Å². The molecule has 1 heterocycles. The third-order valence-electron chi connectivity index (χ3n) is 5.04. The van der Waals surface area contributed by atoms with Crippen LogP contribution >= 0.6 is 0 Å². The van der Waals surface area contributed by atoms with Gasteiger partial charge in [-0.25, -0.2) is 4.79 Å². The molecule has 1 aliphatic heterocycles. The zero-order valence-corrected chi connectivity index (χ0v) is 15.9. The van der Waals surface area contributed by atoms with Crippen LogP contribution in [0.1, 0.15) is 56.9 Å². The Morgan fingerprint density at radius 3 is 2.67 bits per heavy atom. The number of carbonyl (C=O) groups is 2. The number of carboxylic acid groups (broad SMARTS) is 1. The Morgan fingerprint density at radius 2 is 1.93 bits per heavy atom. The first-order valence-corrected chi connectivity index (χ1v) is 9.93. The van der Waals surface area contributed by atoms with Gasteiger partial charge in [0.1, 0.15) is 0 Å². The molecule has 0 spiro atoms. The molecule has 0 saturated carbocycles. The largest absolute Gasteiger partial charge is 0.481 e. The Hall–Kier alpha value is -2.08. The van der Waals surface area contributed by atoms with Gasteiger partial charge in [0.25, 0.3) is 0 Å². The number of rotatable bonds is 12. The van der Waals surface area contributed by atoms with Crippen molar-refractivity contribution < 1.29 is 24.5 Å². The summed E-state index contributed by atoms with van der Waals surface area (Å²) in [6, 6.07) is 10.0. The lowest BCUT2D eigenvalue weighted by atomic mass is 9.99. The molecule has 1 amide bonds. The van der Waals surface area contributed by atoms with E-state index < -0.39 is 12.1 Å². The van der Waals surface area contributed by atoms with Crippen molar-refractivity contribution in [3.05, 3.63) is 35.9 Å². The summed E-state index contributed by atoms with van der Waals surface area (Å²) < 4.78 is 5.18. The van der Waals surface area contributed by atoms with Gasteiger partial charge in [-0.1, -0.05) is 43.2 Å². The molecule has 1 unspecified atom stereocenters. The van der Waals surface area contributed by atoms with E-state index in [0.29, 0.717) is 32.4 Å². The highest BCUT2D eigenvalue weighted by Crippen LogP contribution is 2.21. The smallest absolute Gasteiger partial charge is 0.410 e. The maximum Gasteiger partial charge on any atom is 0.410 e. The second kappa shape index (κ2) is 11.6. The summed E-state index contributed by atoms with van der Waals surface area (Å²) in [6.07, 6.45) is 5.64. The lowest BCUT2D eigenvalue weighted by molar-refractivity contribution is -0.137. The number of carbonyl (C=O) groups excluding carboxylic acids is 1. The molecule has 0 bridgehead atoms. The zero-order chi connectivity index (χ0) is 19.5. The van der Waals surface area contributed by atoms with Crippen molar-refractivity contribution >= 4 is 12.1 Å². The van der Waals surface area contributed by atoms with Crippen molar-refractivity contribution in [3.8, 4) is 0 Å². The highest BCUT2D eigenvalue weighted by Gasteiger charge is 2.29. The molecule has 27 heavy (non-hydrogen) atoms. The average Bonchev–Trinajstić information content (AvgIpc) is 2.65. The molecule has 6 nitrogen and oxygen atoms in total. The van der Waals surface area contributed by atoms with Crippen LogP contribution in [0.15, 0.2) is 30.3 Å². The summed E-state index contributed by atoms with van der Waals surface area (Å²) >= 11 is 0. The molecule has 2 N–H and O–H groups in total. The number of nitrogens with zero attached hydrogens (tertiary/aromatic N) is 1. The highest BCUT2D eigenvalue weighted by molar-refractivity contribution is 5.68. The monoisotopic (exact) mass is 377 g/mol. The SMILES string of the molecule is O=C(O)CCCCCCN1C(=O)OCC[C@@H]1CCC(O)Cc1ccccc1. The van der Waals surface area contributed by atoms with Crippen LogP contribution in [-0.4, -0.2) is 52.5 Å². The van der Waals surface area contributed by atoms with Crippen molar-refractivity contribution in [1.29, 1.82) is 0 Å². The maximum atomic E-state index is 12.1. The molecule has 2 rings (SSSR count). The van der Waals surface area contributed by atoms with Crippen LogP contribution in [0.4, 0.5) is 4.79 Å². The van der Waals surface area contributed by atoms with E-state index in [9.17, 15) is 14.7 Å². The molecule has 1 fully saturated rings. The third-order valence-corrected chi connectivity index (χ3v) is 5.04. The number of hydrogen-bond donors (Lipinski definition) is 2. The van der Waals surface area contributed by atoms with Crippen molar-refractivity contribution in [3.63, 3.8) is 0 Å². The van der Waals surface area contributed by atoms with E-state index in [-0.39, 0.29) is 18.6 Å². The predicted octanol–water partition coefficient (Wildman–Crippen LogP) is 3.62. The number of aliphatic hydroxyl groups excluding tert-OH is 1. The summed E-state index contributed by atoms with van der Waals surface area (Å²) in [4.78, 5) is 24.4. The topological polar surface area (TPSA) is 87.1 Å². The molecule has 6 heteroatoms. The van der Waals surface area contributed by atoms with Crippen LogP contribution < -0.4 is 0 Å². The predicted molar refractivity (Wildman–Crippen MR) is 103 cm³/mol. The first-order chi connectivity index (χ1) is 13.1. The number of benzene rings is 1. The third kappa shape index (κ3) is 7.99.